The van der Waals surface area contributed by atoms with Gasteiger partial charge < -0.3 is 5.11 Å². The van der Waals surface area contributed by atoms with Gasteiger partial charge in [-0.2, -0.15) is 0 Å². The van der Waals surface area contributed by atoms with Crippen molar-refractivity contribution in [3.05, 3.63) is 28.6 Å². The van der Waals surface area contributed by atoms with Crippen molar-refractivity contribution < 1.29 is 5.11 Å². The lowest BCUT2D eigenvalue weighted by atomic mass is 9.96. The summed E-state index contributed by atoms with van der Waals surface area (Å²) < 4.78 is 2.12. The zero-order chi connectivity index (χ0) is 13.2. The molecule has 0 spiro atoms. The minimum absolute atomic E-state index is 0.369. The number of hydrogen-bond acceptors (Lipinski definition) is 3. The third-order valence-electron chi connectivity index (χ3n) is 4.21. The molecule has 4 heteroatoms. The summed E-state index contributed by atoms with van der Waals surface area (Å²) in [5, 5.41) is 10.2. The summed E-state index contributed by atoms with van der Waals surface area (Å²) in [6, 6.07) is 2.25. The Morgan fingerprint density at radius 3 is 2.68 bits per heavy atom. The van der Waals surface area contributed by atoms with E-state index in [1.54, 1.807) is 0 Å². The van der Waals surface area contributed by atoms with Crippen LogP contribution in [0, 0.1) is 0 Å². The predicted molar refractivity (Wildman–Crippen MR) is 84.1 cm³/mol. The van der Waals surface area contributed by atoms with Crippen molar-refractivity contribution in [1.29, 1.82) is 0 Å². The van der Waals surface area contributed by atoms with E-state index in [1.165, 1.54) is 43.4 Å². The van der Waals surface area contributed by atoms with E-state index in [2.05, 4.69) is 32.0 Å². The molecule has 1 atom stereocenters. The second-order valence-electron chi connectivity index (χ2n) is 5.72. The first-order valence-corrected chi connectivity index (χ1v) is 8.31. The lowest BCUT2D eigenvalue weighted by Crippen LogP contribution is -2.28. The van der Waals surface area contributed by atoms with Crippen molar-refractivity contribution in [1.82, 2.24) is 8.10 Å². The van der Waals surface area contributed by atoms with Crippen LogP contribution in [0.1, 0.15) is 60.7 Å². The van der Waals surface area contributed by atoms with E-state index < -0.39 is 0 Å². The van der Waals surface area contributed by atoms with Crippen molar-refractivity contribution >= 4 is 22.9 Å². The molecule has 0 aromatic carbocycles. The molecule has 0 fully saturated rings. The van der Waals surface area contributed by atoms with Crippen molar-refractivity contribution in [3.63, 3.8) is 0 Å². The number of fused-ring (bicyclic) bond motifs is 2. The van der Waals surface area contributed by atoms with Crippen LogP contribution in [0.3, 0.4) is 0 Å². The molecule has 0 radical (unpaired) electrons. The van der Waals surface area contributed by atoms with Gasteiger partial charge in [-0.3, -0.25) is 4.98 Å². The summed E-state index contributed by atoms with van der Waals surface area (Å²) in [6.07, 6.45) is 8.43. The quantitative estimate of drug-likeness (QED) is 0.561. The number of nitrogens with zero attached hydrogens (tertiary/aromatic N) is 2. The first kappa shape index (κ1) is 13.8. The van der Waals surface area contributed by atoms with Gasteiger partial charge in [-0.25, -0.2) is 3.11 Å². The molecule has 0 saturated carbocycles. The number of β-amino-alcohol motifs (C(OH)–C–C–N with tert-alkyl or cyclic N) is 1. The predicted octanol–water partition coefficient (Wildman–Crippen LogP) is 3.33. The van der Waals surface area contributed by atoms with Gasteiger partial charge in [0.05, 0.1) is 18.3 Å². The smallest absolute Gasteiger partial charge is 0.0943 e. The molecular formula is C15H21IN2O. The van der Waals surface area contributed by atoms with Gasteiger partial charge in [0.2, 0.25) is 0 Å². The van der Waals surface area contributed by atoms with Crippen molar-refractivity contribution in [2.75, 3.05) is 6.54 Å². The van der Waals surface area contributed by atoms with Crippen LogP contribution < -0.4 is 0 Å². The second kappa shape index (κ2) is 6.06. The highest BCUT2D eigenvalue weighted by atomic mass is 127. The molecule has 1 aliphatic carbocycles. The SMILES string of the molecule is OC1CN(I)Cc2nc3c(cc21)CCCCCCC3. The maximum Gasteiger partial charge on any atom is 0.0943 e. The Labute approximate surface area is 128 Å². The maximum absolute atomic E-state index is 10.2. The number of aromatic nitrogens is 1. The highest BCUT2D eigenvalue weighted by molar-refractivity contribution is 14.1. The molecule has 0 amide bonds. The summed E-state index contributed by atoms with van der Waals surface area (Å²) in [4.78, 5) is 4.89. The van der Waals surface area contributed by atoms with Crippen LogP contribution in [0.5, 0.6) is 0 Å². The van der Waals surface area contributed by atoms with Crippen LogP contribution in [0.25, 0.3) is 0 Å². The molecule has 1 unspecified atom stereocenters. The molecule has 1 N–H and O–H groups in total. The van der Waals surface area contributed by atoms with Gasteiger partial charge in [0.25, 0.3) is 0 Å². The van der Waals surface area contributed by atoms with E-state index in [-0.39, 0.29) is 6.10 Å². The Hall–Kier alpha value is -0.200. The summed E-state index contributed by atoms with van der Waals surface area (Å²) in [5.74, 6) is 0. The molecule has 0 saturated heterocycles. The normalized spacial score (nSPS) is 24.8. The van der Waals surface area contributed by atoms with Crippen LogP contribution in [-0.2, 0) is 19.4 Å². The number of hydrogen-bond donors (Lipinski definition) is 1. The Morgan fingerprint density at radius 1 is 1.11 bits per heavy atom. The Kier molecular flexibility index (Phi) is 4.39. The minimum Gasteiger partial charge on any atom is -0.387 e. The van der Waals surface area contributed by atoms with Gasteiger partial charge in [-0.15, -0.1) is 0 Å². The third kappa shape index (κ3) is 3.11. The fourth-order valence-electron chi connectivity index (χ4n) is 3.15. The van der Waals surface area contributed by atoms with E-state index in [0.29, 0.717) is 6.54 Å². The molecule has 3 nitrogen and oxygen atoms in total. The van der Waals surface area contributed by atoms with Crippen LogP contribution in [0.2, 0.25) is 0 Å². The Balaban J connectivity index is 1.96. The lowest BCUT2D eigenvalue weighted by molar-refractivity contribution is 0.141. The Morgan fingerprint density at radius 2 is 1.84 bits per heavy atom. The fraction of sp³-hybridized carbons (Fsp3) is 0.667. The minimum atomic E-state index is -0.369. The van der Waals surface area contributed by atoms with Gasteiger partial charge in [0, 0.05) is 40.7 Å². The molecule has 1 aliphatic heterocycles. The van der Waals surface area contributed by atoms with E-state index in [1.807, 2.05) is 0 Å². The monoisotopic (exact) mass is 372 g/mol. The lowest BCUT2D eigenvalue weighted by Gasteiger charge is -2.28. The standard InChI is InChI=1S/C15H21IN2O/c16-18-9-14-12(15(19)10-18)8-11-6-4-2-1-3-5-7-13(11)17-14/h8,15,19H,1-7,9-10H2. The largest absolute Gasteiger partial charge is 0.387 e. The van der Waals surface area contributed by atoms with Crippen LogP contribution in [0.4, 0.5) is 0 Å². The van der Waals surface area contributed by atoms with Gasteiger partial charge in [0.1, 0.15) is 0 Å². The molecule has 0 bridgehead atoms. The van der Waals surface area contributed by atoms with Gasteiger partial charge in [-0.05, 0) is 37.3 Å². The summed E-state index contributed by atoms with van der Waals surface area (Å²) in [6.45, 7) is 1.58. The first-order chi connectivity index (χ1) is 9.24. The number of aryl methyl sites for hydroxylation is 2. The van der Waals surface area contributed by atoms with Crippen LogP contribution in [0.15, 0.2) is 6.07 Å². The molecule has 19 heavy (non-hydrogen) atoms. The number of aliphatic hydroxyl groups is 1. The molecule has 2 heterocycles. The molecular weight excluding hydrogens is 351 g/mol. The summed E-state index contributed by atoms with van der Waals surface area (Å²) >= 11 is 2.28. The number of halogens is 1. The zero-order valence-corrected chi connectivity index (χ0v) is 13.4. The highest BCUT2D eigenvalue weighted by Crippen LogP contribution is 2.30. The second-order valence-corrected chi connectivity index (χ2v) is 7.08. The van der Waals surface area contributed by atoms with E-state index in [9.17, 15) is 5.11 Å². The van der Waals surface area contributed by atoms with Gasteiger partial charge >= 0.3 is 0 Å². The molecule has 1 aromatic heterocycles. The van der Waals surface area contributed by atoms with Crippen LogP contribution in [-0.4, -0.2) is 19.7 Å². The maximum atomic E-state index is 10.2. The summed E-state index contributed by atoms with van der Waals surface area (Å²) in [5.41, 5.74) is 4.85. The number of pyridine rings is 1. The molecule has 104 valence electrons. The topological polar surface area (TPSA) is 36.4 Å². The van der Waals surface area contributed by atoms with Crippen LogP contribution >= 0.6 is 22.9 Å². The van der Waals surface area contributed by atoms with E-state index in [4.69, 9.17) is 4.98 Å². The average Bonchev–Trinajstić information content (AvgIpc) is 2.48. The molecule has 1 aromatic rings. The van der Waals surface area contributed by atoms with E-state index >= 15 is 0 Å². The third-order valence-corrected chi connectivity index (χ3v) is 4.95. The van der Waals surface area contributed by atoms with Crippen molar-refractivity contribution in [3.8, 4) is 0 Å². The fourth-order valence-corrected chi connectivity index (χ4v) is 3.85. The zero-order valence-electron chi connectivity index (χ0n) is 11.2. The van der Waals surface area contributed by atoms with Gasteiger partial charge in [-0.1, -0.05) is 19.3 Å². The van der Waals surface area contributed by atoms with Crippen molar-refractivity contribution in [2.45, 2.75) is 57.6 Å². The van der Waals surface area contributed by atoms with E-state index in [0.717, 1.165) is 30.6 Å². The van der Waals surface area contributed by atoms with Gasteiger partial charge in [0.15, 0.2) is 0 Å². The summed E-state index contributed by atoms with van der Waals surface area (Å²) in [7, 11) is 0. The molecule has 3 rings (SSSR count). The first-order valence-electron chi connectivity index (χ1n) is 7.34. The molecule has 2 aliphatic rings. The highest BCUT2D eigenvalue weighted by Gasteiger charge is 2.25. The number of rotatable bonds is 0. The average molecular weight is 372 g/mol. The Bertz CT molecular complexity index is 464. The van der Waals surface area contributed by atoms with Crippen molar-refractivity contribution in [2.24, 2.45) is 0 Å². The number of aliphatic hydroxyl groups excluding tert-OH is 1.